The van der Waals surface area contributed by atoms with Crippen molar-refractivity contribution in [2.24, 2.45) is 0 Å². The summed E-state index contributed by atoms with van der Waals surface area (Å²) in [5.74, 6) is 0. The van der Waals surface area contributed by atoms with Crippen LogP contribution in [0, 0.1) is 0 Å². The average Bonchev–Trinajstić information content (AvgIpc) is 3.05. The molecule has 1 aromatic heterocycles. The minimum absolute atomic E-state index is 0.0372. The maximum Gasteiger partial charge on any atom is 0.318 e. The molecule has 0 aliphatic heterocycles. The van der Waals surface area contributed by atoms with Crippen molar-refractivity contribution < 1.29 is 4.79 Å². The fraction of sp³-hybridized carbons (Fsp3) is 0.500. The maximum absolute atomic E-state index is 12.2. The number of amides is 2. The van der Waals surface area contributed by atoms with Crippen molar-refractivity contribution in [2.75, 3.05) is 6.54 Å². The highest BCUT2D eigenvalue weighted by Crippen LogP contribution is 2.25. The Hall–Kier alpha value is -1.29. The van der Waals surface area contributed by atoms with Crippen LogP contribution in [-0.2, 0) is 6.54 Å². The summed E-state index contributed by atoms with van der Waals surface area (Å²) < 4.78 is 0. The lowest BCUT2D eigenvalue weighted by Gasteiger charge is -2.28. The van der Waals surface area contributed by atoms with Crippen molar-refractivity contribution in [3.8, 4) is 0 Å². The van der Waals surface area contributed by atoms with Gasteiger partial charge in [-0.15, -0.1) is 17.9 Å². The van der Waals surface area contributed by atoms with Gasteiger partial charge in [-0.05, 0) is 24.3 Å². The van der Waals surface area contributed by atoms with Crippen LogP contribution in [0.1, 0.15) is 30.6 Å². The first-order valence-corrected chi connectivity index (χ1v) is 7.37. The molecule has 1 heterocycles. The molecular weight excluding hydrogens is 244 g/mol. The number of rotatable bonds is 5. The Kier molecular flexibility index (Phi) is 4.81. The molecule has 3 nitrogen and oxygen atoms in total. The summed E-state index contributed by atoms with van der Waals surface area (Å²) >= 11 is 1.71. The van der Waals surface area contributed by atoms with Crippen molar-refractivity contribution in [1.29, 1.82) is 0 Å². The van der Waals surface area contributed by atoms with E-state index in [-0.39, 0.29) is 6.03 Å². The molecular formula is C14H20N2OS. The van der Waals surface area contributed by atoms with E-state index < -0.39 is 0 Å². The van der Waals surface area contributed by atoms with Crippen molar-refractivity contribution in [1.82, 2.24) is 10.2 Å². The Morgan fingerprint density at radius 3 is 2.94 bits per heavy atom. The number of nitrogens with one attached hydrogen (secondary N) is 1. The number of urea groups is 1. The van der Waals surface area contributed by atoms with Crippen LogP contribution in [0.5, 0.6) is 0 Å². The van der Waals surface area contributed by atoms with Crippen LogP contribution in [0.15, 0.2) is 30.2 Å². The molecule has 0 bridgehead atoms. The molecule has 0 unspecified atom stereocenters. The predicted molar refractivity (Wildman–Crippen MR) is 75.7 cm³/mol. The number of thiophene rings is 1. The predicted octanol–water partition coefficient (Wildman–Crippen LogP) is 3.39. The summed E-state index contributed by atoms with van der Waals surface area (Å²) in [5, 5.41) is 4.95. The third-order valence-corrected chi connectivity index (χ3v) is 4.19. The zero-order valence-corrected chi connectivity index (χ0v) is 11.4. The van der Waals surface area contributed by atoms with Crippen molar-refractivity contribution in [2.45, 2.75) is 38.3 Å². The Morgan fingerprint density at radius 2 is 2.33 bits per heavy atom. The summed E-state index contributed by atoms with van der Waals surface area (Å²) in [6.45, 7) is 4.90. The maximum atomic E-state index is 12.2. The van der Waals surface area contributed by atoms with E-state index in [1.165, 1.54) is 17.7 Å². The zero-order valence-electron chi connectivity index (χ0n) is 10.6. The molecule has 1 saturated carbocycles. The summed E-state index contributed by atoms with van der Waals surface area (Å²) in [7, 11) is 0. The van der Waals surface area contributed by atoms with E-state index >= 15 is 0 Å². The highest BCUT2D eigenvalue weighted by molar-refractivity contribution is 7.09. The minimum atomic E-state index is 0.0372. The molecule has 4 heteroatoms. The minimum Gasteiger partial charge on any atom is -0.335 e. The zero-order chi connectivity index (χ0) is 12.8. The first kappa shape index (κ1) is 13.1. The Bertz CT molecular complexity index is 383. The van der Waals surface area contributed by atoms with Crippen LogP contribution < -0.4 is 5.32 Å². The lowest BCUT2D eigenvalue weighted by molar-refractivity contribution is 0.173. The van der Waals surface area contributed by atoms with Crippen LogP contribution in [0.3, 0.4) is 0 Å². The van der Waals surface area contributed by atoms with Gasteiger partial charge in [0.2, 0.25) is 0 Å². The van der Waals surface area contributed by atoms with Gasteiger partial charge in [-0.3, -0.25) is 0 Å². The lowest BCUT2D eigenvalue weighted by atomic mass is 10.2. The van der Waals surface area contributed by atoms with Gasteiger partial charge in [0.15, 0.2) is 0 Å². The fourth-order valence-corrected chi connectivity index (χ4v) is 3.12. The monoisotopic (exact) mass is 264 g/mol. The number of hydrogen-bond acceptors (Lipinski definition) is 2. The van der Waals surface area contributed by atoms with Crippen LogP contribution in [0.25, 0.3) is 0 Å². The van der Waals surface area contributed by atoms with E-state index in [1.54, 1.807) is 17.4 Å². The molecule has 1 N–H and O–H groups in total. The quantitative estimate of drug-likeness (QED) is 0.812. The second kappa shape index (κ2) is 6.59. The molecule has 2 rings (SSSR count). The normalized spacial score (nSPS) is 15.6. The molecule has 0 spiro atoms. The molecule has 2 amide bonds. The van der Waals surface area contributed by atoms with Crippen molar-refractivity contribution in [3.05, 3.63) is 35.0 Å². The van der Waals surface area contributed by atoms with Crippen LogP contribution >= 0.6 is 11.3 Å². The Morgan fingerprint density at radius 1 is 1.56 bits per heavy atom. The van der Waals surface area contributed by atoms with Gasteiger partial charge < -0.3 is 10.2 Å². The molecule has 18 heavy (non-hydrogen) atoms. The Labute approximate surface area is 112 Å². The van der Waals surface area contributed by atoms with Crippen LogP contribution in [0.4, 0.5) is 4.79 Å². The van der Waals surface area contributed by atoms with E-state index in [0.717, 1.165) is 19.4 Å². The first-order chi connectivity index (χ1) is 8.81. The van der Waals surface area contributed by atoms with Crippen molar-refractivity contribution >= 4 is 17.4 Å². The van der Waals surface area contributed by atoms with Gasteiger partial charge in [-0.25, -0.2) is 4.79 Å². The summed E-state index contributed by atoms with van der Waals surface area (Å²) in [5.41, 5.74) is 0. The molecule has 0 radical (unpaired) electrons. The second-order valence-corrected chi connectivity index (χ2v) is 5.65. The molecule has 0 atom stereocenters. The average molecular weight is 264 g/mol. The summed E-state index contributed by atoms with van der Waals surface area (Å²) in [6, 6.07) is 4.56. The number of nitrogens with zero attached hydrogens (tertiary/aromatic N) is 1. The van der Waals surface area contributed by atoms with Crippen LogP contribution in [0.2, 0.25) is 0 Å². The van der Waals surface area contributed by atoms with E-state index in [0.29, 0.717) is 12.6 Å². The van der Waals surface area contributed by atoms with Gasteiger partial charge in [-0.2, -0.15) is 0 Å². The van der Waals surface area contributed by atoms with Crippen LogP contribution in [-0.4, -0.2) is 23.5 Å². The molecule has 0 aromatic carbocycles. The largest absolute Gasteiger partial charge is 0.335 e. The third kappa shape index (κ3) is 3.35. The first-order valence-electron chi connectivity index (χ1n) is 6.49. The highest BCUT2D eigenvalue weighted by Gasteiger charge is 2.26. The van der Waals surface area contributed by atoms with Crippen molar-refractivity contribution in [3.63, 3.8) is 0 Å². The lowest BCUT2D eigenvalue weighted by Crippen LogP contribution is -2.44. The SMILES string of the molecule is C=CCNC(=O)N(Cc1cccs1)C1CCCC1. The highest BCUT2D eigenvalue weighted by atomic mass is 32.1. The molecule has 1 aliphatic rings. The third-order valence-electron chi connectivity index (χ3n) is 3.33. The summed E-state index contributed by atoms with van der Waals surface area (Å²) in [6.07, 6.45) is 6.45. The van der Waals surface area contributed by atoms with E-state index in [2.05, 4.69) is 23.3 Å². The fourth-order valence-electron chi connectivity index (χ4n) is 2.41. The van der Waals surface area contributed by atoms with Gasteiger partial charge in [0, 0.05) is 17.5 Å². The van der Waals surface area contributed by atoms with Gasteiger partial charge in [0.05, 0.1) is 6.54 Å². The van der Waals surface area contributed by atoms with Gasteiger partial charge in [-0.1, -0.05) is 25.0 Å². The number of carbonyl (C=O) groups excluding carboxylic acids is 1. The smallest absolute Gasteiger partial charge is 0.318 e. The van der Waals surface area contributed by atoms with E-state index in [9.17, 15) is 4.79 Å². The van der Waals surface area contributed by atoms with E-state index in [1.807, 2.05) is 11.0 Å². The summed E-state index contributed by atoms with van der Waals surface area (Å²) in [4.78, 5) is 15.4. The van der Waals surface area contributed by atoms with Gasteiger partial charge in [0.1, 0.15) is 0 Å². The van der Waals surface area contributed by atoms with Gasteiger partial charge in [0.25, 0.3) is 0 Å². The molecule has 1 aliphatic carbocycles. The second-order valence-electron chi connectivity index (χ2n) is 4.62. The Balaban J connectivity index is 2.01. The topological polar surface area (TPSA) is 32.3 Å². The number of carbonyl (C=O) groups is 1. The standard InChI is InChI=1S/C14H20N2OS/c1-2-9-15-14(17)16(12-6-3-4-7-12)11-13-8-5-10-18-13/h2,5,8,10,12H,1,3-4,6-7,9,11H2,(H,15,17). The van der Waals surface area contributed by atoms with E-state index in [4.69, 9.17) is 0 Å². The molecule has 1 aromatic rings. The molecule has 1 fully saturated rings. The molecule has 0 saturated heterocycles. The number of hydrogen-bond donors (Lipinski definition) is 1. The molecule has 98 valence electrons. The van der Waals surface area contributed by atoms with Gasteiger partial charge >= 0.3 is 6.03 Å².